The summed E-state index contributed by atoms with van der Waals surface area (Å²) in [4.78, 5) is 37.3. The fraction of sp³-hybridized carbons (Fsp3) is 0.172. The number of carbonyl (C=O) groups excluding carboxylic acids is 2. The van der Waals surface area contributed by atoms with Crippen LogP contribution in [0.15, 0.2) is 65.8 Å². The van der Waals surface area contributed by atoms with Gasteiger partial charge in [-0.15, -0.1) is 11.3 Å². The monoisotopic (exact) mass is 477 g/mol. The summed E-state index contributed by atoms with van der Waals surface area (Å²) < 4.78 is 0. The van der Waals surface area contributed by atoms with Gasteiger partial charge in [0.2, 0.25) is 11.6 Å². The van der Waals surface area contributed by atoms with Crippen LogP contribution in [0.25, 0.3) is 16.5 Å². The Morgan fingerprint density at radius 1 is 0.886 bits per heavy atom. The lowest BCUT2D eigenvalue weighted by Crippen LogP contribution is -2.31. The van der Waals surface area contributed by atoms with Crippen LogP contribution in [0.2, 0.25) is 0 Å². The number of carbonyl (C=O) groups is 2. The van der Waals surface area contributed by atoms with Crippen LogP contribution >= 0.6 is 11.3 Å². The number of benzene rings is 2. The zero-order chi connectivity index (χ0) is 24.5. The molecule has 1 aliphatic carbocycles. The van der Waals surface area contributed by atoms with Crippen molar-refractivity contribution in [3.05, 3.63) is 99.5 Å². The third-order valence-corrected chi connectivity index (χ3v) is 8.21. The van der Waals surface area contributed by atoms with E-state index >= 15 is 0 Å². The van der Waals surface area contributed by atoms with E-state index in [2.05, 4.69) is 84.5 Å². The van der Waals surface area contributed by atoms with E-state index in [1.807, 2.05) is 6.07 Å². The van der Waals surface area contributed by atoms with Crippen molar-refractivity contribution in [1.82, 2.24) is 9.97 Å². The summed E-state index contributed by atoms with van der Waals surface area (Å²) in [7, 11) is 2.08. The lowest BCUT2D eigenvalue weighted by Gasteiger charge is -2.41. The van der Waals surface area contributed by atoms with Crippen molar-refractivity contribution in [2.45, 2.75) is 26.2 Å². The summed E-state index contributed by atoms with van der Waals surface area (Å²) in [6.45, 7) is 6.61. The van der Waals surface area contributed by atoms with Crippen LogP contribution in [0.3, 0.4) is 0 Å². The molecule has 5 nitrogen and oxygen atoms in total. The van der Waals surface area contributed by atoms with Gasteiger partial charge in [0.1, 0.15) is 11.4 Å². The number of rotatable bonds is 2. The molecular formula is C29H23N3O2S. The minimum atomic E-state index is -0.367. The number of hydrogen-bond acceptors (Lipinski definition) is 6. The van der Waals surface area contributed by atoms with E-state index in [1.165, 1.54) is 39.6 Å². The van der Waals surface area contributed by atoms with E-state index < -0.39 is 0 Å². The number of fused-ring (bicyclic) bond motifs is 3. The fourth-order valence-corrected chi connectivity index (χ4v) is 6.10. The maximum absolute atomic E-state index is 12.8. The first-order chi connectivity index (χ1) is 16.8. The van der Waals surface area contributed by atoms with Gasteiger partial charge >= 0.3 is 0 Å². The summed E-state index contributed by atoms with van der Waals surface area (Å²) in [6, 6.07) is 15.0. The maximum Gasteiger partial charge on any atom is 0.217 e. The smallest absolute Gasteiger partial charge is 0.217 e. The van der Waals surface area contributed by atoms with E-state index in [9.17, 15) is 9.59 Å². The molecule has 2 aromatic carbocycles. The summed E-state index contributed by atoms with van der Waals surface area (Å²) in [5, 5.41) is 2.13. The molecular weight excluding hydrogens is 454 g/mol. The first-order valence-electron chi connectivity index (χ1n) is 11.5. The summed E-state index contributed by atoms with van der Waals surface area (Å²) >= 11 is 1.76. The predicted octanol–water partition coefficient (Wildman–Crippen LogP) is 6.38. The second-order valence-electron chi connectivity index (χ2n) is 9.60. The molecule has 2 aromatic heterocycles. The van der Waals surface area contributed by atoms with Crippen molar-refractivity contribution < 1.29 is 9.59 Å². The average Bonchev–Trinajstić information content (AvgIpc) is 3.39. The fourth-order valence-electron chi connectivity index (χ4n) is 5.18. The van der Waals surface area contributed by atoms with Crippen molar-refractivity contribution in [3.63, 3.8) is 0 Å². The highest BCUT2D eigenvalue weighted by atomic mass is 32.1. The molecule has 0 N–H and O–H groups in total. The molecule has 0 bridgehead atoms. The molecule has 0 atom stereocenters. The number of nitrogens with zero attached hydrogens (tertiary/aromatic N) is 3. The van der Waals surface area contributed by atoms with E-state index in [-0.39, 0.29) is 33.9 Å². The number of hydrogen-bond donors (Lipinski definition) is 0. The van der Waals surface area contributed by atoms with Gasteiger partial charge < -0.3 is 4.90 Å². The van der Waals surface area contributed by atoms with Crippen molar-refractivity contribution >= 4 is 40.4 Å². The average molecular weight is 478 g/mol. The van der Waals surface area contributed by atoms with Crippen LogP contribution in [0.5, 0.6) is 0 Å². The highest BCUT2D eigenvalue weighted by Gasteiger charge is 2.37. The summed E-state index contributed by atoms with van der Waals surface area (Å²) in [5.74, 6) is -0.734. The summed E-state index contributed by atoms with van der Waals surface area (Å²) in [6.07, 6.45) is 4.55. The van der Waals surface area contributed by atoms with Crippen LogP contribution < -0.4 is 4.90 Å². The van der Waals surface area contributed by atoms with Gasteiger partial charge in [0.15, 0.2) is 0 Å². The van der Waals surface area contributed by atoms with Crippen LogP contribution in [-0.2, 0) is 5.41 Å². The quantitative estimate of drug-likeness (QED) is 0.247. The van der Waals surface area contributed by atoms with Gasteiger partial charge in [-0.1, -0.05) is 26.0 Å². The van der Waals surface area contributed by atoms with Crippen LogP contribution in [0.1, 0.15) is 57.1 Å². The second kappa shape index (κ2) is 7.55. The molecule has 0 spiro atoms. The van der Waals surface area contributed by atoms with E-state index in [0.29, 0.717) is 0 Å². The first kappa shape index (κ1) is 21.6. The number of ketones is 2. The topological polar surface area (TPSA) is 63.2 Å². The molecule has 0 saturated heterocycles. The van der Waals surface area contributed by atoms with Crippen LogP contribution in [0, 0.1) is 6.92 Å². The molecule has 0 unspecified atom stereocenters. The maximum atomic E-state index is 12.8. The number of Topliss-reactive ketones (excluding diaryl/α,β-unsaturated/α-hetero) is 2. The van der Waals surface area contributed by atoms with Crippen molar-refractivity contribution in [2.24, 2.45) is 0 Å². The molecule has 6 rings (SSSR count). The number of thiophene rings is 1. The standard InChI is InChI=1S/C29H23N3O2S/c1-16-9-12-35-28(16)18-6-8-23-21(15-18)29(2,3)20-14-17(5-7-22(20)32(23)4)13-19-26(33)24-25(27(19)34)31-11-10-30-24/h5-15H,1-4H3. The lowest BCUT2D eigenvalue weighted by atomic mass is 9.72. The Morgan fingerprint density at radius 3 is 2.14 bits per heavy atom. The van der Waals surface area contributed by atoms with Gasteiger partial charge in [-0.2, -0.15) is 0 Å². The molecule has 172 valence electrons. The number of anilines is 2. The van der Waals surface area contributed by atoms with E-state index in [4.69, 9.17) is 0 Å². The normalized spacial score (nSPS) is 15.7. The third kappa shape index (κ3) is 3.13. The molecule has 0 radical (unpaired) electrons. The molecule has 0 saturated carbocycles. The number of allylic oxidation sites excluding steroid dienone is 1. The Bertz CT molecular complexity index is 1560. The molecule has 4 aromatic rings. The molecule has 6 heteroatoms. The van der Waals surface area contributed by atoms with Gasteiger partial charge in [-0.05, 0) is 76.5 Å². The highest BCUT2D eigenvalue weighted by molar-refractivity contribution is 7.13. The Hall–Kier alpha value is -3.90. The minimum Gasteiger partial charge on any atom is -0.344 e. The van der Waals surface area contributed by atoms with Crippen molar-refractivity contribution in [3.8, 4) is 10.4 Å². The van der Waals surface area contributed by atoms with Gasteiger partial charge in [-0.25, -0.2) is 9.97 Å². The highest BCUT2D eigenvalue weighted by Crippen LogP contribution is 2.50. The summed E-state index contributed by atoms with van der Waals surface area (Å²) in [5.41, 5.74) is 8.10. The SMILES string of the molecule is Cc1ccsc1-c1ccc2c(c1)C(C)(C)c1cc(C=C3C(=O)c4nccnc4C3=O)ccc1N2C. The van der Waals surface area contributed by atoms with Gasteiger partial charge in [-0.3, -0.25) is 9.59 Å². The van der Waals surface area contributed by atoms with Gasteiger partial charge in [0, 0.05) is 41.1 Å². The molecule has 2 aliphatic rings. The van der Waals surface area contributed by atoms with Crippen molar-refractivity contribution in [1.29, 1.82) is 0 Å². The van der Waals surface area contributed by atoms with Gasteiger partial charge in [0.05, 0.1) is 5.57 Å². The Kier molecular flexibility index (Phi) is 4.66. The Morgan fingerprint density at radius 2 is 1.51 bits per heavy atom. The van der Waals surface area contributed by atoms with Crippen LogP contribution in [0.4, 0.5) is 11.4 Å². The first-order valence-corrected chi connectivity index (χ1v) is 12.3. The molecule has 0 amide bonds. The zero-order valence-electron chi connectivity index (χ0n) is 19.9. The molecule has 1 aliphatic heterocycles. The molecule has 0 fully saturated rings. The molecule has 35 heavy (non-hydrogen) atoms. The number of aryl methyl sites for hydroxylation is 1. The largest absolute Gasteiger partial charge is 0.344 e. The van der Waals surface area contributed by atoms with E-state index in [0.717, 1.165) is 16.8 Å². The zero-order valence-corrected chi connectivity index (χ0v) is 20.7. The minimum absolute atomic E-state index is 0.115. The van der Waals surface area contributed by atoms with E-state index in [1.54, 1.807) is 17.4 Å². The molecule has 3 heterocycles. The lowest BCUT2D eigenvalue weighted by molar-refractivity contribution is 0.0988. The Balaban J connectivity index is 1.45. The van der Waals surface area contributed by atoms with Gasteiger partial charge in [0.25, 0.3) is 0 Å². The Labute approximate surface area is 207 Å². The van der Waals surface area contributed by atoms with Crippen LogP contribution in [-0.4, -0.2) is 28.6 Å². The second-order valence-corrected chi connectivity index (χ2v) is 10.5. The van der Waals surface area contributed by atoms with Crippen molar-refractivity contribution in [2.75, 3.05) is 11.9 Å². The third-order valence-electron chi connectivity index (χ3n) is 7.14. The number of aromatic nitrogens is 2. The predicted molar refractivity (Wildman–Crippen MR) is 140 cm³/mol.